The quantitative estimate of drug-likeness (QED) is 0.765. The smallest absolute Gasteiger partial charge is 0.236 e. The van der Waals surface area contributed by atoms with Gasteiger partial charge in [-0.2, -0.15) is 0 Å². The Kier molecular flexibility index (Phi) is 4.80. The molecule has 1 spiro atoms. The summed E-state index contributed by atoms with van der Waals surface area (Å²) in [6.45, 7) is 2.72. The van der Waals surface area contributed by atoms with Crippen molar-refractivity contribution >= 4 is 15.7 Å². The molecule has 0 radical (unpaired) electrons. The van der Waals surface area contributed by atoms with Crippen molar-refractivity contribution in [1.29, 1.82) is 0 Å². The minimum absolute atomic E-state index is 0.0359. The van der Waals surface area contributed by atoms with Gasteiger partial charge in [-0.25, -0.2) is 13.4 Å². The van der Waals surface area contributed by atoms with Gasteiger partial charge in [-0.15, -0.1) is 0 Å². The second-order valence-electron chi connectivity index (χ2n) is 8.29. The number of carbonyl (C=O) groups is 1. The van der Waals surface area contributed by atoms with E-state index in [2.05, 4.69) is 21.9 Å². The average molecular weight is 396 g/mol. The Hall–Kier alpha value is -1.45. The monoisotopic (exact) mass is 395 g/mol. The molecule has 4 rings (SSSR count). The number of hydrogen-bond donors (Lipinski definition) is 1. The maximum atomic E-state index is 12.8. The molecule has 27 heavy (non-hydrogen) atoms. The van der Waals surface area contributed by atoms with Gasteiger partial charge in [0.1, 0.15) is 0 Å². The average Bonchev–Trinajstić information content (AvgIpc) is 3.25. The van der Waals surface area contributed by atoms with Crippen molar-refractivity contribution in [3.8, 4) is 0 Å². The molecule has 150 valence electrons. The lowest BCUT2D eigenvalue weighted by Crippen LogP contribution is -2.56. The molecule has 0 aromatic carbocycles. The van der Waals surface area contributed by atoms with Crippen molar-refractivity contribution < 1.29 is 13.2 Å². The Morgan fingerprint density at radius 1 is 1.37 bits per heavy atom. The van der Waals surface area contributed by atoms with Gasteiger partial charge >= 0.3 is 0 Å². The van der Waals surface area contributed by atoms with Gasteiger partial charge in [0.2, 0.25) is 5.91 Å². The molecular weight excluding hydrogens is 366 g/mol. The third-order valence-electron chi connectivity index (χ3n) is 6.75. The molecule has 0 aliphatic carbocycles. The van der Waals surface area contributed by atoms with E-state index < -0.39 is 9.84 Å². The van der Waals surface area contributed by atoms with E-state index in [-0.39, 0.29) is 35.5 Å². The minimum atomic E-state index is -2.93. The summed E-state index contributed by atoms with van der Waals surface area (Å²) in [5.74, 6) is 0.505. The van der Waals surface area contributed by atoms with Gasteiger partial charge in [-0.1, -0.05) is 0 Å². The fraction of sp³-hybridized carbons (Fsp3) is 0.778. The van der Waals surface area contributed by atoms with Crippen LogP contribution in [-0.2, 0) is 26.6 Å². The number of rotatable bonds is 3. The van der Waals surface area contributed by atoms with E-state index in [9.17, 15) is 13.2 Å². The van der Waals surface area contributed by atoms with E-state index in [1.807, 2.05) is 16.8 Å². The predicted octanol–water partition coefficient (Wildman–Crippen LogP) is -0.166. The van der Waals surface area contributed by atoms with Crippen LogP contribution in [0.1, 0.15) is 30.7 Å². The van der Waals surface area contributed by atoms with Crippen LogP contribution in [0.25, 0.3) is 0 Å². The highest BCUT2D eigenvalue weighted by Crippen LogP contribution is 2.41. The summed E-state index contributed by atoms with van der Waals surface area (Å²) in [6, 6.07) is -0.0359. The summed E-state index contributed by atoms with van der Waals surface area (Å²) < 4.78 is 23.4. The molecule has 1 aromatic rings. The van der Waals surface area contributed by atoms with Gasteiger partial charge in [0, 0.05) is 37.8 Å². The van der Waals surface area contributed by atoms with Crippen molar-refractivity contribution in [2.45, 2.75) is 37.3 Å². The topological polar surface area (TPSA) is 89.6 Å². The number of aromatic nitrogens is 2. The molecule has 1 atom stereocenters. The third kappa shape index (κ3) is 3.40. The minimum Gasteiger partial charge on any atom is -0.348 e. The Labute approximate surface area is 160 Å². The lowest BCUT2D eigenvalue weighted by Gasteiger charge is -2.49. The number of sulfone groups is 1. The fourth-order valence-corrected chi connectivity index (χ4v) is 6.70. The zero-order valence-corrected chi connectivity index (χ0v) is 17.0. The molecular formula is C18H29N5O3S. The molecule has 4 heterocycles. The van der Waals surface area contributed by atoms with Crippen LogP contribution in [-0.4, -0.2) is 96.8 Å². The highest BCUT2D eigenvalue weighted by molar-refractivity contribution is 7.91. The van der Waals surface area contributed by atoms with Crippen LogP contribution in [0, 0.1) is 0 Å². The van der Waals surface area contributed by atoms with Crippen molar-refractivity contribution in [2.24, 2.45) is 0 Å². The van der Waals surface area contributed by atoms with Crippen molar-refractivity contribution in [3.05, 3.63) is 17.7 Å². The zero-order valence-electron chi connectivity index (χ0n) is 16.1. The number of fused-ring (bicyclic) bond motifs is 2. The molecule has 0 saturated carbocycles. The van der Waals surface area contributed by atoms with Crippen molar-refractivity contribution in [3.63, 3.8) is 0 Å². The van der Waals surface area contributed by atoms with Gasteiger partial charge in [-0.05, 0) is 33.4 Å². The number of piperidine rings is 1. The summed E-state index contributed by atoms with van der Waals surface area (Å²) >= 11 is 0. The lowest BCUT2D eigenvalue weighted by molar-refractivity contribution is -0.135. The van der Waals surface area contributed by atoms with E-state index in [4.69, 9.17) is 0 Å². The van der Waals surface area contributed by atoms with E-state index in [0.717, 1.165) is 31.5 Å². The van der Waals surface area contributed by atoms with E-state index in [1.54, 1.807) is 6.33 Å². The maximum Gasteiger partial charge on any atom is 0.236 e. The fourth-order valence-electron chi connectivity index (χ4n) is 4.90. The molecule has 1 aromatic heterocycles. The standard InChI is InChI=1S/C18H29N5O3S/c1-21(14-4-10-27(25,26)12-14)11-16(24)23-8-5-18(6-9-23)17-15(19-13-20-17)3-7-22(18)2/h13-14H,3-12H2,1-2H3,(H,19,20). The zero-order chi connectivity index (χ0) is 19.2. The molecule has 8 nitrogen and oxygen atoms in total. The molecule has 1 N–H and O–H groups in total. The van der Waals surface area contributed by atoms with Crippen molar-refractivity contribution in [1.82, 2.24) is 24.7 Å². The Bertz CT molecular complexity index is 813. The summed E-state index contributed by atoms with van der Waals surface area (Å²) in [6.07, 6.45) is 5.17. The number of likely N-dealkylation sites (N-methyl/N-ethyl adjacent to an activating group) is 2. The number of nitrogens with zero attached hydrogens (tertiary/aromatic N) is 4. The number of hydrogen-bond acceptors (Lipinski definition) is 6. The maximum absolute atomic E-state index is 12.8. The number of likely N-dealkylation sites (tertiary alicyclic amines) is 1. The molecule has 0 bridgehead atoms. The number of nitrogens with one attached hydrogen (secondary N) is 1. The van der Waals surface area contributed by atoms with Crippen molar-refractivity contribution in [2.75, 3.05) is 51.8 Å². The number of H-pyrrole nitrogens is 1. The highest BCUT2D eigenvalue weighted by Gasteiger charge is 2.45. The van der Waals surface area contributed by atoms with Crippen LogP contribution < -0.4 is 0 Å². The summed E-state index contributed by atoms with van der Waals surface area (Å²) in [5, 5.41) is 0. The van der Waals surface area contributed by atoms with Crippen LogP contribution in [0.2, 0.25) is 0 Å². The third-order valence-corrected chi connectivity index (χ3v) is 8.50. The molecule has 3 aliphatic heterocycles. The number of aromatic amines is 1. The van der Waals surface area contributed by atoms with Gasteiger partial charge < -0.3 is 9.88 Å². The lowest BCUT2D eigenvalue weighted by atomic mass is 9.79. The Morgan fingerprint density at radius 3 is 2.78 bits per heavy atom. The summed E-state index contributed by atoms with van der Waals surface area (Å²) in [7, 11) is 1.09. The molecule has 3 aliphatic rings. The van der Waals surface area contributed by atoms with E-state index in [0.29, 0.717) is 19.5 Å². The number of amides is 1. The summed E-state index contributed by atoms with van der Waals surface area (Å²) in [5.41, 5.74) is 2.31. The molecule has 2 saturated heterocycles. The summed E-state index contributed by atoms with van der Waals surface area (Å²) in [4.78, 5) is 26.9. The van der Waals surface area contributed by atoms with Crippen LogP contribution in [0.15, 0.2) is 6.33 Å². The number of carbonyl (C=O) groups excluding carboxylic acids is 1. The van der Waals surface area contributed by atoms with E-state index in [1.165, 1.54) is 5.69 Å². The first-order valence-corrected chi connectivity index (χ1v) is 11.6. The Balaban J connectivity index is 1.38. The first-order chi connectivity index (χ1) is 12.8. The molecule has 2 fully saturated rings. The predicted molar refractivity (Wildman–Crippen MR) is 102 cm³/mol. The molecule has 1 amide bonds. The largest absolute Gasteiger partial charge is 0.348 e. The molecule has 1 unspecified atom stereocenters. The first kappa shape index (κ1) is 18.9. The van der Waals surface area contributed by atoms with Crippen LogP contribution in [0.4, 0.5) is 0 Å². The highest BCUT2D eigenvalue weighted by atomic mass is 32.2. The second-order valence-corrected chi connectivity index (χ2v) is 10.5. The Morgan fingerprint density at radius 2 is 2.11 bits per heavy atom. The van der Waals surface area contributed by atoms with Gasteiger partial charge in [0.05, 0.1) is 35.6 Å². The molecule has 9 heteroatoms. The SMILES string of the molecule is CN(CC(=O)N1CCC2(CC1)c1nc[nH]c1CCN2C)C1CCS(=O)(=O)C1. The van der Waals surface area contributed by atoms with Crippen LogP contribution in [0.3, 0.4) is 0 Å². The van der Waals surface area contributed by atoms with Crippen LogP contribution in [0.5, 0.6) is 0 Å². The normalized spacial score (nSPS) is 27.2. The first-order valence-electron chi connectivity index (χ1n) is 9.73. The van der Waals surface area contributed by atoms with Gasteiger partial charge in [-0.3, -0.25) is 14.6 Å². The van der Waals surface area contributed by atoms with Crippen LogP contribution >= 0.6 is 0 Å². The number of imidazole rings is 1. The van der Waals surface area contributed by atoms with Gasteiger partial charge in [0.25, 0.3) is 0 Å². The van der Waals surface area contributed by atoms with Gasteiger partial charge in [0.15, 0.2) is 9.84 Å². The second kappa shape index (κ2) is 6.86. The van der Waals surface area contributed by atoms with E-state index >= 15 is 0 Å².